The van der Waals surface area contributed by atoms with Crippen molar-refractivity contribution in [1.82, 2.24) is 0 Å². The lowest BCUT2D eigenvalue weighted by atomic mass is 9.96. The molecule has 2 heterocycles. The summed E-state index contributed by atoms with van der Waals surface area (Å²) in [6, 6.07) is 0. The van der Waals surface area contributed by atoms with E-state index >= 15 is 0 Å². The van der Waals surface area contributed by atoms with Crippen LogP contribution in [0.2, 0.25) is 0 Å². The molecule has 0 bridgehead atoms. The maximum Gasteiger partial charge on any atom is 0.187 e. The van der Waals surface area contributed by atoms with Gasteiger partial charge in [0.2, 0.25) is 0 Å². The van der Waals surface area contributed by atoms with Crippen molar-refractivity contribution in [2.75, 3.05) is 70.1 Å². The van der Waals surface area contributed by atoms with Gasteiger partial charge in [0.05, 0.1) is 13.2 Å². The first-order chi connectivity index (χ1) is 15.0. The van der Waals surface area contributed by atoms with E-state index in [1.54, 1.807) is 56.9 Å². The van der Waals surface area contributed by atoms with Crippen LogP contribution in [-0.2, 0) is 52.1 Å². The number of hydrogen-bond acceptors (Lipinski definition) is 11. The van der Waals surface area contributed by atoms with Gasteiger partial charge in [-0.25, -0.2) is 0 Å². The van der Waals surface area contributed by atoms with E-state index in [9.17, 15) is 0 Å². The first-order valence-corrected chi connectivity index (χ1v) is 10.2. The van der Waals surface area contributed by atoms with Crippen LogP contribution in [0.1, 0.15) is 0 Å². The van der Waals surface area contributed by atoms with E-state index in [0.717, 1.165) is 0 Å². The Bertz CT molecular complexity index is 496. The molecular weight excluding hydrogens is 416 g/mol. The SMILES string of the molecule is COC[C@@H]1O[C@@H](O[C@H]2[C@@H](OC)[C@@H](OC)[C@@H](OC)O[C@H]2COC)[C@H](OC)[C@@H](OC)[C@H]1OC. The van der Waals surface area contributed by atoms with Gasteiger partial charge in [0, 0.05) is 56.9 Å². The topological polar surface area (TPSA) is 102 Å². The van der Waals surface area contributed by atoms with Crippen LogP contribution < -0.4 is 0 Å². The summed E-state index contributed by atoms with van der Waals surface area (Å²) in [7, 11) is 12.6. The van der Waals surface area contributed by atoms with E-state index in [-0.39, 0.29) is 13.2 Å². The number of hydrogen-bond donors (Lipinski definition) is 0. The van der Waals surface area contributed by atoms with Crippen molar-refractivity contribution in [2.45, 2.75) is 61.4 Å². The predicted octanol–water partition coefficient (Wildman–Crippen LogP) is -0.164. The minimum absolute atomic E-state index is 0.251. The zero-order valence-electron chi connectivity index (χ0n) is 19.7. The Morgan fingerprint density at radius 3 is 1.32 bits per heavy atom. The summed E-state index contributed by atoms with van der Waals surface area (Å²) in [6.45, 7) is 0.540. The molecule has 31 heavy (non-hydrogen) atoms. The minimum atomic E-state index is -0.816. The Morgan fingerprint density at radius 2 is 0.871 bits per heavy atom. The maximum atomic E-state index is 6.43. The van der Waals surface area contributed by atoms with Gasteiger partial charge in [0.1, 0.15) is 48.8 Å². The average molecular weight is 455 g/mol. The Labute approximate surface area is 184 Å². The van der Waals surface area contributed by atoms with Gasteiger partial charge in [-0.15, -0.1) is 0 Å². The number of methoxy groups -OCH3 is 8. The monoisotopic (exact) mass is 454 g/mol. The zero-order valence-corrected chi connectivity index (χ0v) is 19.7. The normalized spacial score (nSPS) is 41.4. The first kappa shape index (κ1) is 26.8. The fourth-order valence-corrected chi connectivity index (χ4v) is 4.29. The molecule has 0 amide bonds. The highest BCUT2D eigenvalue weighted by Crippen LogP contribution is 2.33. The van der Waals surface area contributed by atoms with E-state index in [1.807, 2.05) is 0 Å². The quantitative estimate of drug-likeness (QED) is 0.393. The molecule has 11 heteroatoms. The van der Waals surface area contributed by atoms with Crippen LogP contribution >= 0.6 is 0 Å². The van der Waals surface area contributed by atoms with E-state index in [4.69, 9.17) is 52.1 Å². The predicted molar refractivity (Wildman–Crippen MR) is 107 cm³/mol. The molecule has 0 aromatic rings. The standard InChI is InChI=1S/C20H38O11/c1-21-9-11-13(23-3)15(24-4)18(27-7)20(30-11)31-14-12(10-22-2)29-19(28-8)17(26-6)16(14)25-5/h11-20H,9-10H2,1-8H3/t11-,12-,13-,14+,15-,16+,17+,18+,19-,20-/m0/s1. The van der Waals surface area contributed by atoms with Crippen LogP contribution in [-0.4, -0.2) is 132 Å². The van der Waals surface area contributed by atoms with Crippen molar-refractivity contribution >= 4 is 0 Å². The van der Waals surface area contributed by atoms with Crippen molar-refractivity contribution < 1.29 is 52.1 Å². The summed E-state index contributed by atoms with van der Waals surface area (Å²) in [5, 5.41) is 0. The van der Waals surface area contributed by atoms with E-state index in [0.29, 0.717) is 0 Å². The highest BCUT2D eigenvalue weighted by molar-refractivity contribution is 4.96. The summed E-state index contributed by atoms with van der Waals surface area (Å²) in [4.78, 5) is 0. The fraction of sp³-hybridized carbons (Fsp3) is 1.00. The van der Waals surface area contributed by atoms with Gasteiger partial charge >= 0.3 is 0 Å². The number of ether oxygens (including phenoxy) is 11. The van der Waals surface area contributed by atoms with Crippen LogP contribution in [0.15, 0.2) is 0 Å². The van der Waals surface area contributed by atoms with Crippen LogP contribution in [0.25, 0.3) is 0 Å². The summed E-state index contributed by atoms with van der Waals surface area (Å²) in [6.07, 6.45) is -5.50. The largest absolute Gasteiger partial charge is 0.382 e. The Hall–Kier alpha value is -0.440. The second kappa shape index (κ2) is 13.3. The molecule has 2 saturated heterocycles. The zero-order chi connectivity index (χ0) is 23.0. The molecule has 0 aliphatic carbocycles. The molecule has 0 spiro atoms. The van der Waals surface area contributed by atoms with Crippen molar-refractivity contribution in [3.05, 3.63) is 0 Å². The molecule has 0 aromatic heterocycles. The highest BCUT2D eigenvalue weighted by atomic mass is 16.8. The van der Waals surface area contributed by atoms with Crippen LogP contribution in [0.5, 0.6) is 0 Å². The smallest absolute Gasteiger partial charge is 0.187 e. The van der Waals surface area contributed by atoms with Crippen LogP contribution in [0, 0.1) is 0 Å². The molecule has 10 atom stereocenters. The van der Waals surface area contributed by atoms with Crippen LogP contribution in [0.3, 0.4) is 0 Å². The molecule has 0 radical (unpaired) electrons. The van der Waals surface area contributed by atoms with Gasteiger partial charge in [-0.2, -0.15) is 0 Å². The Morgan fingerprint density at radius 1 is 0.452 bits per heavy atom. The van der Waals surface area contributed by atoms with E-state index in [1.165, 1.54) is 0 Å². The number of rotatable bonds is 12. The Balaban J connectivity index is 2.32. The lowest BCUT2D eigenvalue weighted by molar-refractivity contribution is -0.365. The van der Waals surface area contributed by atoms with Gasteiger partial charge < -0.3 is 52.1 Å². The molecule has 11 nitrogen and oxygen atoms in total. The molecule has 0 aromatic carbocycles. The molecule has 2 aliphatic rings. The lowest BCUT2D eigenvalue weighted by Gasteiger charge is -2.49. The fourth-order valence-electron chi connectivity index (χ4n) is 4.29. The molecule has 2 fully saturated rings. The molecule has 184 valence electrons. The van der Waals surface area contributed by atoms with Gasteiger partial charge in [-0.1, -0.05) is 0 Å². The molecule has 0 unspecified atom stereocenters. The second-order valence-corrected chi connectivity index (χ2v) is 7.33. The summed E-state index contributed by atoms with van der Waals surface area (Å²) >= 11 is 0. The Kier molecular flexibility index (Phi) is 11.5. The van der Waals surface area contributed by atoms with Crippen molar-refractivity contribution in [2.24, 2.45) is 0 Å². The van der Waals surface area contributed by atoms with Gasteiger partial charge in [0.25, 0.3) is 0 Å². The maximum absolute atomic E-state index is 6.43. The molecule has 0 saturated carbocycles. The van der Waals surface area contributed by atoms with E-state index < -0.39 is 61.4 Å². The van der Waals surface area contributed by atoms with Crippen LogP contribution in [0.4, 0.5) is 0 Å². The molecular formula is C20H38O11. The third kappa shape index (κ3) is 5.92. The summed E-state index contributed by atoms with van der Waals surface area (Å²) < 4.78 is 63.2. The molecule has 2 aliphatic heterocycles. The highest BCUT2D eigenvalue weighted by Gasteiger charge is 2.53. The summed E-state index contributed by atoms with van der Waals surface area (Å²) in [5.74, 6) is 0. The summed E-state index contributed by atoms with van der Waals surface area (Å²) in [5.41, 5.74) is 0. The first-order valence-electron chi connectivity index (χ1n) is 10.2. The average Bonchev–Trinajstić information content (AvgIpc) is 2.79. The molecule has 0 N–H and O–H groups in total. The lowest BCUT2D eigenvalue weighted by Crippen LogP contribution is -2.66. The van der Waals surface area contributed by atoms with Crippen molar-refractivity contribution in [3.63, 3.8) is 0 Å². The second-order valence-electron chi connectivity index (χ2n) is 7.33. The third-order valence-corrected chi connectivity index (χ3v) is 5.73. The minimum Gasteiger partial charge on any atom is -0.382 e. The van der Waals surface area contributed by atoms with E-state index in [2.05, 4.69) is 0 Å². The van der Waals surface area contributed by atoms with Gasteiger partial charge in [0.15, 0.2) is 12.6 Å². The van der Waals surface area contributed by atoms with Gasteiger partial charge in [-0.05, 0) is 0 Å². The molecule has 2 rings (SSSR count). The van der Waals surface area contributed by atoms with Crippen molar-refractivity contribution in [1.29, 1.82) is 0 Å². The van der Waals surface area contributed by atoms with Gasteiger partial charge in [-0.3, -0.25) is 0 Å². The third-order valence-electron chi connectivity index (χ3n) is 5.73. The van der Waals surface area contributed by atoms with Crippen molar-refractivity contribution in [3.8, 4) is 0 Å².